The molecule has 0 spiro atoms. The minimum absolute atomic E-state index is 0.00835. The molecule has 0 saturated carbocycles. The van der Waals surface area contributed by atoms with Crippen LogP contribution in [0.25, 0.3) is 0 Å². The normalized spacial score (nSPS) is 11.2. The highest BCUT2D eigenvalue weighted by atomic mass is 35.5. The molecule has 2 aromatic carbocycles. The molecule has 0 radical (unpaired) electrons. The molecule has 2 rings (SSSR count). The Hall–Kier alpha value is -2.60. The highest BCUT2D eigenvalue weighted by Crippen LogP contribution is 2.22. The molecule has 0 heterocycles. The zero-order valence-electron chi connectivity index (χ0n) is 10.7. The van der Waals surface area contributed by atoms with Crippen LogP contribution in [0.15, 0.2) is 47.6 Å². The number of rotatable bonds is 3. The van der Waals surface area contributed by atoms with E-state index < -0.39 is 11.7 Å². The predicted octanol–water partition coefficient (Wildman–Crippen LogP) is 2.83. The molecule has 5 nitrogen and oxygen atoms in total. The molecular weight excluding hydrogens is 297 g/mol. The lowest BCUT2D eigenvalue weighted by Crippen LogP contribution is -2.19. The molecule has 7 heteroatoms. The Morgan fingerprint density at radius 3 is 2.57 bits per heavy atom. The average Bonchev–Trinajstić information content (AvgIpc) is 2.49. The van der Waals surface area contributed by atoms with Crippen molar-refractivity contribution in [2.24, 2.45) is 10.9 Å². The van der Waals surface area contributed by atoms with Crippen LogP contribution in [-0.4, -0.2) is 17.0 Å². The Balaban J connectivity index is 2.35. The molecule has 4 N–H and O–H groups in total. The number of hydrogen-bond donors (Lipinski definition) is 3. The van der Waals surface area contributed by atoms with E-state index in [9.17, 15) is 9.18 Å². The lowest BCUT2D eigenvalue weighted by molar-refractivity contribution is 0.102. The first-order chi connectivity index (χ1) is 10.0. The van der Waals surface area contributed by atoms with Crippen molar-refractivity contribution in [3.63, 3.8) is 0 Å². The third-order valence-corrected chi connectivity index (χ3v) is 3.14. The van der Waals surface area contributed by atoms with Crippen LogP contribution in [0, 0.1) is 5.82 Å². The van der Waals surface area contributed by atoms with E-state index in [1.165, 1.54) is 12.1 Å². The molecule has 0 atom stereocenters. The molecule has 0 aliphatic rings. The van der Waals surface area contributed by atoms with Crippen LogP contribution in [0.3, 0.4) is 0 Å². The number of nitrogens with zero attached hydrogens (tertiary/aromatic N) is 1. The third-order valence-electron chi connectivity index (χ3n) is 2.76. The minimum Gasteiger partial charge on any atom is -0.409 e. The number of para-hydroxylation sites is 1. The van der Waals surface area contributed by atoms with Crippen molar-refractivity contribution >= 4 is 29.0 Å². The number of carbonyl (C=O) groups excluding carboxylic acids is 1. The van der Waals surface area contributed by atoms with Gasteiger partial charge in [0.05, 0.1) is 16.3 Å². The van der Waals surface area contributed by atoms with Gasteiger partial charge in [-0.2, -0.15) is 0 Å². The Bertz CT molecular complexity index is 719. The number of hydrogen-bond acceptors (Lipinski definition) is 3. The number of anilines is 1. The first kappa shape index (κ1) is 14.8. The summed E-state index contributed by atoms with van der Waals surface area (Å²) in [7, 11) is 0. The summed E-state index contributed by atoms with van der Waals surface area (Å²) in [4.78, 5) is 12.1. The van der Waals surface area contributed by atoms with Crippen molar-refractivity contribution in [3.8, 4) is 0 Å². The fourth-order valence-corrected chi connectivity index (χ4v) is 1.95. The van der Waals surface area contributed by atoms with E-state index in [4.69, 9.17) is 22.5 Å². The quantitative estimate of drug-likeness (QED) is 0.352. The smallest absolute Gasteiger partial charge is 0.257 e. The molecule has 0 aliphatic heterocycles. The molecule has 108 valence electrons. The maximum Gasteiger partial charge on any atom is 0.257 e. The second-order valence-electron chi connectivity index (χ2n) is 4.09. The van der Waals surface area contributed by atoms with Crippen LogP contribution < -0.4 is 11.1 Å². The van der Waals surface area contributed by atoms with Gasteiger partial charge in [-0.05, 0) is 24.3 Å². The SMILES string of the molecule is N/C(=N/O)c1ccccc1NC(=O)c1cccc(F)c1Cl. The molecule has 0 aromatic heterocycles. The minimum atomic E-state index is -0.686. The molecular formula is C14H11ClFN3O2. The number of amidine groups is 1. The Morgan fingerprint density at radius 2 is 1.86 bits per heavy atom. The van der Waals surface area contributed by atoms with Gasteiger partial charge in [0.15, 0.2) is 5.84 Å². The molecule has 2 aromatic rings. The highest BCUT2D eigenvalue weighted by Gasteiger charge is 2.15. The molecule has 0 unspecified atom stereocenters. The van der Waals surface area contributed by atoms with E-state index in [0.29, 0.717) is 11.3 Å². The fourth-order valence-electron chi connectivity index (χ4n) is 1.74. The molecule has 1 amide bonds. The number of carbonyl (C=O) groups is 1. The summed E-state index contributed by atoms with van der Waals surface area (Å²) >= 11 is 5.76. The van der Waals surface area contributed by atoms with Gasteiger partial charge in [-0.25, -0.2) is 4.39 Å². The second-order valence-corrected chi connectivity index (χ2v) is 4.46. The van der Waals surface area contributed by atoms with Crippen LogP contribution in [0.2, 0.25) is 5.02 Å². The Morgan fingerprint density at radius 1 is 1.19 bits per heavy atom. The summed E-state index contributed by atoms with van der Waals surface area (Å²) in [5.41, 5.74) is 6.17. The first-order valence-corrected chi connectivity index (χ1v) is 6.24. The van der Waals surface area contributed by atoms with Crippen molar-refractivity contribution in [2.75, 3.05) is 5.32 Å². The van der Waals surface area contributed by atoms with Crippen LogP contribution in [0.5, 0.6) is 0 Å². The van der Waals surface area contributed by atoms with Gasteiger partial charge in [-0.15, -0.1) is 0 Å². The first-order valence-electron chi connectivity index (χ1n) is 5.87. The largest absolute Gasteiger partial charge is 0.409 e. The van der Waals surface area contributed by atoms with E-state index in [-0.39, 0.29) is 16.4 Å². The standard InChI is InChI=1S/C14H11ClFN3O2/c15-12-9(5-3-6-10(12)16)14(20)18-11-7-2-1-4-8(11)13(17)19-21/h1-7,21H,(H2,17,19)(H,18,20). The van der Waals surface area contributed by atoms with Crippen LogP contribution in [-0.2, 0) is 0 Å². The summed E-state index contributed by atoms with van der Waals surface area (Å²) in [6, 6.07) is 10.4. The molecule has 0 fully saturated rings. The number of nitrogens with one attached hydrogen (secondary N) is 1. The molecule has 0 bridgehead atoms. The van der Waals surface area contributed by atoms with Crippen LogP contribution >= 0.6 is 11.6 Å². The topological polar surface area (TPSA) is 87.7 Å². The highest BCUT2D eigenvalue weighted by molar-refractivity contribution is 6.34. The van der Waals surface area contributed by atoms with Crippen molar-refractivity contribution in [1.82, 2.24) is 0 Å². The van der Waals surface area contributed by atoms with Gasteiger partial charge in [-0.1, -0.05) is 35.0 Å². The summed E-state index contributed by atoms with van der Waals surface area (Å²) < 4.78 is 13.4. The Kier molecular flexibility index (Phi) is 4.39. The number of oxime groups is 1. The summed E-state index contributed by atoms with van der Waals surface area (Å²) in [6.07, 6.45) is 0. The summed E-state index contributed by atoms with van der Waals surface area (Å²) in [5.74, 6) is -1.44. The Labute approximate surface area is 124 Å². The summed E-state index contributed by atoms with van der Waals surface area (Å²) in [6.45, 7) is 0. The van der Waals surface area contributed by atoms with E-state index in [2.05, 4.69) is 10.5 Å². The van der Waals surface area contributed by atoms with Gasteiger partial charge >= 0.3 is 0 Å². The van der Waals surface area contributed by atoms with Gasteiger partial charge in [0.2, 0.25) is 0 Å². The molecule has 21 heavy (non-hydrogen) atoms. The monoisotopic (exact) mass is 307 g/mol. The average molecular weight is 308 g/mol. The van der Waals surface area contributed by atoms with Gasteiger partial charge in [0.25, 0.3) is 5.91 Å². The van der Waals surface area contributed by atoms with Crippen molar-refractivity contribution in [3.05, 3.63) is 64.4 Å². The molecule has 0 aliphatic carbocycles. The number of nitrogens with two attached hydrogens (primary N) is 1. The third kappa shape index (κ3) is 3.11. The fraction of sp³-hybridized carbons (Fsp3) is 0. The van der Waals surface area contributed by atoms with Gasteiger partial charge in [0, 0.05) is 5.56 Å². The molecule has 0 saturated heterocycles. The number of halogens is 2. The maximum absolute atomic E-state index is 13.4. The predicted molar refractivity (Wildman–Crippen MR) is 78.3 cm³/mol. The number of benzene rings is 2. The van der Waals surface area contributed by atoms with E-state index in [0.717, 1.165) is 6.07 Å². The lowest BCUT2D eigenvalue weighted by Gasteiger charge is -2.11. The zero-order valence-corrected chi connectivity index (χ0v) is 11.4. The second kappa shape index (κ2) is 6.23. The van der Waals surface area contributed by atoms with Gasteiger partial charge in [0.1, 0.15) is 5.82 Å². The zero-order chi connectivity index (χ0) is 15.4. The van der Waals surface area contributed by atoms with E-state index in [1.807, 2.05) is 0 Å². The van der Waals surface area contributed by atoms with Crippen molar-refractivity contribution in [1.29, 1.82) is 0 Å². The van der Waals surface area contributed by atoms with Crippen LogP contribution in [0.1, 0.15) is 15.9 Å². The van der Waals surface area contributed by atoms with E-state index in [1.54, 1.807) is 24.3 Å². The van der Waals surface area contributed by atoms with E-state index >= 15 is 0 Å². The van der Waals surface area contributed by atoms with Gasteiger partial charge < -0.3 is 16.3 Å². The van der Waals surface area contributed by atoms with Crippen molar-refractivity contribution < 1.29 is 14.4 Å². The maximum atomic E-state index is 13.4. The lowest BCUT2D eigenvalue weighted by atomic mass is 10.1. The van der Waals surface area contributed by atoms with Crippen LogP contribution in [0.4, 0.5) is 10.1 Å². The number of amides is 1. The van der Waals surface area contributed by atoms with Gasteiger partial charge in [-0.3, -0.25) is 4.79 Å². The van der Waals surface area contributed by atoms with Crippen molar-refractivity contribution in [2.45, 2.75) is 0 Å². The summed E-state index contributed by atoms with van der Waals surface area (Å²) in [5, 5.41) is 13.9.